The van der Waals surface area contributed by atoms with E-state index >= 15 is 0 Å². The highest BCUT2D eigenvalue weighted by Gasteiger charge is 2.25. The third kappa shape index (κ3) is 7.67. The highest BCUT2D eigenvalue weighted by Crippen LogP contribution is 2.33. The Morgan fingerprint density at radius 2 is 1.35 bits per heavy atom. The Hall–Kier alpha value is -0.0400. The Kier molecular flexibility index (Phi) is 10.4. The van der Waals surface area contributed by atoms with Crippen LogP contribution in [-0.2, 0) is 0 Å². The van der Waals surface area contributed by atoms with Crippen molar-refractivity contribution in [1.82, 2.24) is 0 Å². The van der Waals surface area contributed by atoms with E-state index in [0.29, 0.717) is 5.92 Å². The van der Waals surface area contributed by atoms with Gasteiger partial charge in [0.05, 0.1) is 6.10 Å². The van der Waals surface area contributed by atoms with Gasteiger partial charge in [0.15, 0.2) is 0 Å². The zero-order valence-electron chi connectivity index (χ0n) is 14.1. The molecule has 0 radical (unpaired) electrons. The molecule has 0 bridgehead atoms. The molecular weight excluding hydrogens is 244 g/mol. The first-order chi connectivity index (χ1) is 9.77. The van der Waals surface area contributed by atoms with E-state index < -0.39 is 0 Å². The number of rotatable bonds is 11. The summed E-state index contributed by atoms with van der Waals surface area (Å²) in [4.78, 5) is 0. The van der Waals surface area contributed by atoms with E-state index in [-0.39, 0.29) is 6.10 Å². The molecule has 0 spiro atoms. The van der Waals surface area contributed by atoms with Gasteiger partial charge in [-0.15, -0.1) is 0 Å². The Balaban J connectivity index is 1.94. The fourth-order valence-electron chi connectivity index (χ4n) is 3.70. The van der Waals surface area contributed by atoms with Crippen molar-refractivity contribution in [3.8, 4) is 0 Å². The minimum atomic E-state index is -0.00658. The third-order valence-corrected chi connectivity index (χ3v) is 5.37. The molecular formula is C19H38O. The lowest BCUT2D eigenvalue weighted by Gasteiger charge is -2.31. The normalized spacial score (nSPS) is 24.8. The van der Waals surface area contributed by atoms with Crippen molar-refractivity contribution in [1.29, 1.82) is 0 Å². The van der Waals surface area contributed by atoms with Crippen LogP contribution in [0.3, 0.4) is 0 Å². The van der Waals surface area contributed by atoms with E-state index in [1.807, 2.05) is 0 Å². The lowest BCUT2D eigenvalue weighted by molar-refractivity contribution is 0.0642. The summed E-state index contributed by atoms with van der Waals surface area (Å²) in [7, 11) is 0. The van der Waals surface area contributed by atoms with Crippen molar-refractivity contribution in [2.75, 3.05) is 0 Å². The zero-order valence-corrected chi connectivity index (χ0v) is 14.1. The molecule has 1 heteroatoms. The summed E-state index contributed by atoms with van der Waals surface area (Å²) in [6.07, 6.45) is 18.6. The van der Waals surface area contributed by atoms with Crippen LogP contribution in [0.1, 0.15) is 104 Å². The second kappa shape index (κ2) is 11.6. The van der Waals surface area contributed by atoms with Crippen molar-refractivity contribution in [3.05, 3.63) is 0 Å². The van der Waals surface area contributed by atoms with E-state index in [1.54, 1.807) is 0 Å². The molecule has 0 aromatic carbocycles. The molecule has 1 aliphatic carbocycles. The lowest BCUT2D eigenvalue weighted by Crippen LogP contribution is -2.25. The molecule has 0 aromatic rings. The fraction of sp³-hybridized carbons (Fsp3) is 1.00. The number of unbranched alkanes of at least 4 members (excludes halogenated alkanes) is 7. The first kappa shape index (κ1) is 18.0. The van der Waals surface area contributed by atoms with Gasteiger partial charge < -0.3 is 5.11 Å². The largest absolute Gasteiger partial charge is 0.393 e. The molecule has 1 fully saturated rings. The Morgan fingerprint density at radius 3 is 1.90 bits per heavy atom. The van der Waals surface area contributed by atoms with Crippen LogP contribution < -0.4 is 0 Å². The summed E-state index contributed by atoms with van der Waals surface area (Å²) < 4.78 is 0. The van der Waals surface area contributed by atoms with Gasteiger partial charge in [0.1, 0.15) is 0 Å². The number of hydrogen-bond acceptors (Lipinski definition) is 1. The molecule has 0 amide bonds. The molecule has 1 saturated carbocycles. The van der Waals surface area contributed by atoms with E-state index in [2.05, 4.69) is 13.8 Å². The van der Waals surface area contributed by atoms with E-state index in [1.165, 1.54) is 83.5 Å². The maximum absolute atomic E-state index is 10.3. The van der Waals surface area contributed by atoms with Crippen LogP contribution in [0.5, 0.6) is 0 Å². The molecule has 0 aliphatic heterocycles. The van der Waals surface area contributed by atoms with Crippen molar-refractivity contribution in [2.45, 2.75) is 110 Å². The van der Waals surface area contributed by atoms with Gasteiger partial charge in [-0.2, -0.15) is 0 Å². The molecule has 1 nitrogen and oxygen atoms in total. The maximum Gasteiger partial charge on any atom is 0.0568 e. The maximum atomic E-state index is 10.3. The number of aliphatic hydroxyl groups is 1. The van der Waals surface area contributed by atoms with Crippen molar-refractivity contribution in [3.63, 3.8) is 0 Å². The van der Waals surface area contributed by atoms with E-state index in [0.717, 1.165) is 12.3 Å². The van der Waals surface area contributed by atoms with Gasteiger partial charge >= 0.3 is 0 Å². The van der Waals surface area contributed by atoms with Crippen molar-refractivity contribution >= 4 is 0 Å². The first-order valence-electron chi connectivity index (χ1n) is 9.46. The average Bonchev–Trinajstić information content (AvgIpc) is 2.50. The smallest absolute Gasteiger partial charge is 0.0568 e. The lowest BCUT2D eigenvalue weighted by atomic mass is 9.77. The SMILES string of the molecule is CCCCCCCCCCC(O)C1CCC(CC)CC1. The van der Waals surface area contributed by atoms with Crippen LogP contribution in [0.2, 0.25) is 0 Å². The summed E-state index contributed by atoms with van der Waals surface area (Å²) in [6.45, 7) is 4.58. The van der Waals surface area contributed by atoms with Crippen LogP contribution in [0.25, 0.3) is 0 Å². The van der Waals surface area contributed by atoms with Crippen molar-refractivity contribution < 1.29 is 5.11 Å². The van der Waals surface area contributed by atoms with Gasteiger partial charge in [0.25, 0.3) is 0 Å². The number of hydrogen-bond donors (Lipinski definition) is 1. The highest BCUT2D eigenvalue weighted by molar-refractivity contribution is 4.77. The van der Waals surface area contributed by atoms with Gasteiger partial charge in [0, 0.05) is 0 Å². The molecule has 1 aliphatic rings. The molecule has 0 aromatic heterocycles. The van der Waals surface area contributed by atoms with Crippen LogP contribution in [0, 0.1) is 11.8 Å². The monoisotopic (exact) mass is 282 g/mol. The summed E-state index contributed by atoms with van der Waals surface area (Å²) in [5.41, 5.74) is 0. The second-order valence-corrected chi connectivity index (χ2v) is 7.02. The molecule has 20 heavy (non-hydrogen) atoms. The molecule has 0 heterocycles. The van der Waals surface area contributed by atoms with Crippen LogP contribution in [-0.4, -0.2) is 11.2 Å². The van der Waals surface area contributed by atoms with Crippen LogP contribution >= 0.6 is 0 Å². The van der Waals surface area contributed by atoms with Crippen molar-refractivity contribution in [2.24, 2.45) is 11.8 Å². The second-order valence-electron chi connectivity index (χ2n) is 7.02. The zero-order chi connectivity index (χ0) is 14.6. The van der Waals surface area contributed by atoms with Gasteiger partial charge in [-0.25, -0.2) is 0 Å². The third-order valence-electron chi connectivity index (χ3n) is 5.37. The minimum absolute atomic E-state index is 0.00658. The summed E-state index contributed by atoms with van der Waals surface area (Å²) >= 11 is 0. The first-order valence-corrected chi connectivity index (χ1v) is 9.46. The molecule has 120 valence electrons. The Labute approximate surface area is 127 Å². The predicted molar refractivity (Wildman–Crippen MR) is 89.0 cm³/mol. The van der Waals surface area contributed by atoms with Crippen LogP contribution in [0.15, 0.2) is 0 Å². The highest BCUT2D eigenvalue weighted by atomic mass is 16.3. The summed E-state index contributed by atoms with van der Waals surface area (Å²) in [6, 6.07) is 0. The molecule has 0 saturated heterocycles. The standard InChI is InChI=1S/C19H38O/c1-3-5-6-7-8-9-10-11-12-19(20)18-15-13-17(4-2)14-16-18/h17-20H,3-16H2,1-2H3. The number of aliphatic hydroxyl groups excluding tert-OH is 1. The van der Waals surface area contributed by atoms with Gasteiger partial charge in [-0.05, 0) is 31.1 Å². The summed E-state index contributed by atoms with van der Waals surface area (Å²) in [5, 5.41) is 10.3. The summed E-state index contributed by atoms with van der Waals surface area (Å²) in [5.74, 6) is 1.56. The Bertz CT molecular complexity index is 206. The molecule has 1 N–H and O–H groups in total. The van der Waals surface area contributed by atoms with E-state index in [9.17, 15) is 5.11 Å². The quantitative estimate of drug-likeness (QED) is 0.454. The fourth-order valence-corrected chi connectivity index (χ4v) is 3.70. The van der Waals surface area contributed by atoms with Gasteiger partial charge in [-0.3, -0.25) is 0 Å². The van der Waals surface area contributed by atoms with Gasteiger partial charge in [-0.1, -0.05) is 84.5 Å². The molecule has 1 unspecified atom stereocenters. The average molecular weight is 283 g/mol. The molecule has 1 atom stereocenters. The Morgan fingerprint density at radius 1 is 0.800 bits per heavy atom. The predicted octanol–water partition coefficient (Wildman–Crippen LogP) is 6.09. The minimum Gasteiger partial charge on any atom is -0.393 e. The topological polar surface area (TPSA) is 20.2 Å². The molecule has 1 rings (SSSR count). The van der Waals surface area contributed by atoms with Crippen LogP contribution in [0.4, 0.5) is 0 Å². The van der Waals surface area contributed by atoms with E-state index in [4.69, 9.17) is 0 Å². The van der Waals surface area contributed by atoms with Gasteiger partial charge in [0.2, 0.25) is 0 Å².